The van der Waals surface area contributed by atoms with Crippen molar-refractivity contribution < 1.29 is 17.6 Å². The Kier molecular flexibility index (Phi) is 7.10. The molecule has 1 aliphatic heterocycles. The van der Waals surface area contributed by atoms with Crippen molar-refractivity contribution >= 4 is 21.6 Å². The van der Waals surface area contributed by atoms with Crippen molar-refractivity contribution in [2.75, 3.05) is 31.1 Å². The molecule has 0 atom stereocenters. The van der Waals surface area contributed by atoms with Gasteiger partial charge in [0.2, 0.25) is 10.0 Å². The lowest BCUT2D eigenvalue weighted by Gasteiger charge is -2.23. The molecule has 2 aromatic rings. The van der Waals surface area contributed by atoms with Gasteiger partial charge in [0.25, 0.3) is 5.91 Å². The third kappa shape index (κ3) is 4.65. The van der Waals surface area contributed by atoms with Gasteiger partial charge in [-0.2, -0.15) is 4.31 Å². The minimum Gasteiger partial charge on any atom is -0.371 e. The number of carbonyl (C=O) groups is 1. The minimum atomic E-state index is -3.70. The van der Waals surface area contributed by atoms with Crippen molar-refractivity contribution in [2.45, 2.75) is 38.1 Å². The first-order valence-corrected chi connectivity index (χ1v) is 11.7. The van der Waals surface area contributed by atoms with E-state index in [9.17, 15) is 17.6 Å². The summed E-state index contributed by atoms with van der Waals surface area (Å²) in [6, 6.07) is 11.0. The number of nitrogens with one attached hydrogen (secondary N) is 1. The number of rotatable bonds is 8. The first-order valence-electron chi connectivity index (χ1n) is 10.3. The van der Waals surface area contributed by atoms with Crippen LogP contribution >= 0.6 is 0 Å². The van der Waals surface area contributed by atoms with Gasteiger partial charge >= 0.3 is 0 Å². The molecule has 1 amide bonds. The summed E-state index contributed by atoms with van der Waals surface area (Å²) in [6.45, 7) is 5.91. The van der Waals surface area contributed by atoms with Gasteiger partial charge in [-0.25, -0.2) is 12.8 Å². The fraction of sp³-hybridized carbons (Fsp3) is 0.409. The molecule has 0 spiro atoms. The molecule has 3 rings (SSSR count). The van der Waals surface area contributed by atoms with E-state index in [1.54, 1.807) is 44.2 Å². The zero-order valence-corrected chi connectivity index (χ0v) is 18.2. The standard InChI is InChI=1S/C22H28FN3O3S/c1-3-26(4-2)30(28,29)18-11-12-21(25-13-7-8-14-25)19(15-18)22(27)24-16-17-9-5-6-10-20(17)23/h5-6,9-12,15H,3-4,7-8,13-14,16H2,1-2H3,(H,24,27). The molecular formula is C22H28FN3O3S. The number of amides is 1. The molecule has 1 N–H and O–H groups in total. The van der Waals surface area contributed by atoms with Gasteiger partial charge in [0.1, 0.15) is 5.82 Å². The quantitative estimate of drug-likeness (QED) is 0.693. The van der Waals surface area contributed by atoms with Crippen molar-refractivity contribution in [1.82, 2.24) is 9.62 Å². The molecule has 162 valence electrons. The van der Waals surface area contributed by atoms with Crippen LogP contribution in [0.1, 0.15) is 42.6 Å². The molecule has 8 heteroatoms. The highest BCUT2D eigenvalue weighted by Crippen LogP contribution is 2.28. The molecule has 30 heavy (non-hydrogen) atoms. The maximum atomic E-state index is 13.9. The van der Waals surface area contributed by atoms with Crippen LogP contribution in [0, 0.1) is 5.82 Å². The van der Waals surface area contributed by atoms with Crippen LogP contribution in [0.4, 0.5) is 10.1 Å². The van der Waals surface area contributed by atoms with Crippen molar-refractivity contribution in [2.24, 2.45) is 0 Å². The number of benzene rings is 2. The van der Waals surface area contributed by atoms with Crippen LogP contribution in [0.2, 0.25) is 0 Å². The molecule has 1 fully saturated rings. The fourth-order valence-electron chi connectivity index (χ4n) is 3.72. The number of sulfonamides is 1. The Morgan fingerprint density at radius 3 is 2.40 bits per heavy atom. The highest BCUT2D eigenvalue weighted by molar-refractivity contribution is 7.89. The van der Waals surface area contributed by atoms with Crippen molar-refractivity contribution in [3.05, 3.63) is 59.4 Å². The van der Waals surface area contributed by atoms with Crippen LogP contribution in [0.5, 0.6) is 0 Å². The molecule has 0 aliphatic carbocycles. The van der Waals surface area contributed by atoms with Crippen LogP contribution in [-0.2, 0) is 16.6 Å². The summed E-state index contributed by atoms with van der Waals surface area (Å²) in [5, 5.41) is 2.74. The second-order valence-corrected chi connectivity index (χ2v) is 9.17. The number of anilines is 1. The van der Waals surface area contributed by atoms with Crippen LogP contribution in [-0.4, -0.2) is 44.8 Å². The monoisotopic (exact) mass is 433 g/mol. The van der Waals surface area contributed by atoms with Gasteiger partial charge in [-0.05, 0) is 37.1 Å². The molecule has 6 nitrogen and oxygen atoms in total. The Morgan fingerprint density at radius 1 is 1.10 bits per heavy atom. The van der Waals surface area contributed by atoms with Crippen LogP contribution in [0.25, 0.3) is 0 Å². The second-order valence-electron chi connectivity index (χ2n) is 7.24. The van der Waals surface area contributed by atoms with Gasteiger partial charge in [-0.1, -0.05) is 32.0 Å². The molecular weight excluding hydrogens is 405 g/mol. The summed E-state index contributed by atoms with van der Waals surface area (Å²) in [5.41, 5.74) is 1.37. The van der Waals surface area contributed by atoms with Gasteiger partial charge in [0.15, 0.2) is 0 Å². The molecule has 0 aromatic heterocycles. The van der Waals surface area contributed by atoms with Crippen molar-refractivity contribution in [3.63, 3.8) is 0 Å². The summed E-state index contributed by atoms with van der Waals surface area (Å²) in [4.78, 5) is 15.2. The maximum absolute atomic E-state index is 13.9. The van der Waals surface area contributed by atoms with E-state index in [-0.39, 0.29) is 11.4 Å². The van der Waals surface area contributed by atoms with Gasteiger partial charge in [-0.3, -0.25) is 4.79 Å². The lowest BCUT2D eigenvalue weighted by molar-refractivity contribution is 0.0951. The summed E-state index contributed by atoms with van der Waals surface area (Å²) in [6.07, 6.45) is 2.05. The SMILES string of the molecule is CCN(CC)S(=O)(=O)c1ccc(N2CCCC2)c(C(=O)NCc2ccccc2F)c1. The topological polar surface area (TPSA) is 69.7 Å². The Labute approximate surface area is 177 Å². The molecule has 1 heterocycles. The van der Waals surface area contributed by atoms with Crippen LogP contribution < -0.4 is 10.2 Å². The van der Waals surface area contributed by atoms with E-state index in [1.807, 2.05) is 0 Å². The first-order chi connectivity index (χ1) is 14.4. The molecule has 2 aromatic carbocycles. The van der Waals surface area contributed by atoms with Gasteiger partial charge in [0.05, 0.1) is 10.5 Å². The summed E-state index contributed by atoms with van der Waals surface area (Å²) < 4.78 is 41.2. The predicted molar refractivity (Wildman–Crippen MR) is 116 cm³/mol. The van der Waals surface area contributed by atoms with Gasteiger partial charge in [-0.15, -0.1) is 0 Å². The number of hydrogen-bond acceptors (Lipinski definition) is 4. The van der Waals surface area contributed by atoms with E-state index in [0.717, 1.165) is 25.9 Å². The van der Waals surface area contributed by atoms with E-state index < -0.39 is 21.7 Å². The zero-order chi connectivity index (χ0) is 21.7. The lowest BCUT2D eigenvalue weighted by atomic mass is 10.1. The van der Waals surface area contributed by atoms with Gasteiger partial charge in [0, 0.05) is 44.0 Å². The number of nitrogens with zero attached hydrogens (tertiary/aromatic N) is 2. The Hall–Kier alpha value is -2.45. The first kappa shape index (κ1) is 22.2. The van der Waals surface area contributed by atoms with E-state index >= 15 is 0 Å². The molecule has 0 unspecified atom stereocenters. The summed E-state index contributed by atoms with van der Waals surface area (Å²) >= 11 is 0. The molecule has 1 aliphatic rings. The third-order valence-electron chi connectivity index (χ3n) is 5.40. The van der Waals surface area contributed by atoms with E-state index in [4.69, 9.17) is 0 Å². The van der Waals surface area contributed by atoms with Crippen molar-refractivity contribution in [1.29, 1.82) is 0 Å². The lowest BCUT2D eigenvalue weighted by Crippen LogP contribution is -2.32. The Balaban J connectivity index is 1.94. The predicted octanol–water partition coefficient (Wildman–Crippen LogP) is 3.39. The molecule has 0 radical (unpaired) electrons. The van der Waals surface area contributed by atoms with E-state index in [1.165, 1.54) is 16.4 Å². The van der Waals surface area contributed by atoms with Crippen LogP contribution in [0.3, 0.4) is 0 Å². The molecule has 0 saturated carbocycles. The van der Waals surface area contributed by atoms with E-state index in [0.29, 0.717) is 29.9 Å². The molecule has 1 saturated heterocycles. The highest BCUT2D eigenvalue weighted by atomic mass is 32.2. The summed E-state index contributed by atoms with van der Waals surface area (Å²) in [7, 11) is -3.70. The number of hydrogen-bond donors (Lipinski definition) is 1. The second kappa shape index (κ2) is 9.57. The van der Waals surface area contributed by atoms with Gasteiger partial charge < -0.3 is 10.2 Å². The number of carbonyl (C=O) groups excluding carboxylic acids is 1. The Morgan fingerprint density at radius 2 is 1.77 bits per heavy atom. The van der Waals surface area contributed by atoms with Crippen molar-refractivity contribution in [3.8, 4) is 0 Å². The third-order valence-corrected chi connectivity index (χ3v) is 7.45. The molecule has 0 bridgehead atoms. The van der Waals surface area contributed by atoms with E-state index in [2.05, 4.69) is 10.2 Å². The minimum absolute atomic E-state index is 0.0258. The Bertz CT molecular complexity index is 1000. The highest BCUT2D eigenvalue weighted by Gasteiger charge is 2.26. The zero-order valence-electron chi connectivity index (χ0n) is 17.4. The normalized spacial score (nSPS) is 14.3. The maximum Gasteiger partial charge on any atom is 0.253 e. The van der Waals surface area contributed by atoms with Crippen LogP contribution in [0.15, 0.2) is 47.4 Å². The smallest absolute Gasteiger partial charge is 0.253 e. The summed E-state index contributed by atoms with van der Waals surface area (Å²) in [5.74, 6) is -0.813. The average molecular weight is 434 g/mol. The fourth-order valence-corrected chi connectivity index (χ4v) is 5.20. The number of halogens is 1. The average Bonchev–Trinajstić information content (AvgIpc) is 3.28. The largest absolute Gasteiger partial charge is 0.371 e.